The molecular formula is C13H22N4O2. The first-order chi connectivity index (χ1) is 9.11. The highest BCUT2D eigenvalue weighted by atomic mass is 16.3. The number of H-pyrrole nitrogens is 1. The molecule has 1 fully saturated rings. The summed E-state index contributed by atoms with van der Waals surface area (Å²) in [5.41, 5.74) is 7.49. The molecule has 1 aromatic heterocycles. The van der Waals surface area contributed by atoms with Crippen LogP contribution in [0.2, 0.25) is 0 Å². The zero-order valence-electron chi connectivity index (χ0n) is 11.3. The highest BCUT2D eigenvalue weighted by Gasteiger charge is 2.23. The fourth-order valence-electron chi connectivity index (χ4n) is 2.47. The molecule has 19 heavy (non-hydrogen) atoms. The summed E-state index contributed by atoms with van der Waals surface area (Å²) in [4.78, 5) is 12.1. The number of nitrogens with zero attached hydrogens (tertiary/aromatic N) is 1. The number of amides is 1. The molecule has 1 aliphatic carbocycles. The SMILES string of the molecule is CCCc1[nH]nc(C(=O)NC2CCC(O)CC2)c1N. The van der Waals surface area contributed by atoms with Crippen LogP contribution in [0.4, 0.5) is 5.69 Å². The van der Waals surface area contributed by atoms with Gasteiger partial charge in [0.05, 0.1) is 17.5 Å². The van der Waals surface area contributed by atoms with E-state index in [2.05, 4.69) is 15.5 Å². The van der Waals surface area contributed by atoms with E-state index in [1.807, 2.05) is 6.92 Å². The first-order valence-corrected chi connectivity index (χ1v) is 6.93. The van der Waals surface area contributed by atoms with Crippen LogP contribution in [-0.2, 0) is 6.42 Å². The van der Waals surface area contributed by atoms with Crippen molar-refractivity contribution < 1.29 is 9.90 Å². The second-order valence-corrected chi connectivity index (χ2v) is 5.19. The third kappa shape index (κ3) is 3.26. The van der Waals surface area contributed by atoms with Crippen LogP contribution in [0.3, 0.4) is 0 Å². The van der Waals surface area contributed by atoms with Crippen LogP contribution in [0.5, 0.6) is 0 Å². The molecule has 0 aliphatic heterocycles. The smallest absolute Gasteiger partial charge is 0.274 e. The molecule has 1 amide bonds. The number of carbonyl (C=O) groups excluding carboxylic acids is 1. The molecule has 0 aromatic carbocycles. The van der Waals surface area contributed by atoms with Crippen molar-refractivity contribution in [3.63, 3.8) is 0 Å². The summed E-state index contributed by atoms with van der Waals surface area (Å²) in [5, 5.41) is 19.2. The Bertz CT molecular complexity index is 436. The second kappa shape index (κ2) is 6.06. The monoisotopic (exact) mass is 266 g/mol. The van der Waals surface area contributed by atoms with Gasteiger partial charge in [-0.2, -0.15) is 5.10 Å². The summed E-state index contributed by atoms with van der Waals surface area (Å²) in [6, 6.07) is 0.113. The molecule has 1 aromatic rings. The lowest BCUT2D eigenvalue weighted by atomic mass is 9.93. The van der Waals surface area contributed by atoms with E-state index in [-0.39, 0.29) is 23.7 Å². The quantitative estimate of drug-likeness (QED) is 0.652. The maximum atomic E-state index is 12.1. The standard InChI is InChI=1S/C13H22N4O2/c1-2-3-10-11(14)12(17-16-10)13(19)15-8-4-6-9(18)7-5-8/h8-9,18H,2-7,14H2,1H3,(H,15,19)(H,16,17). The maximum absolute atomic E-state index is 12.1. The summed E-state index contributed by atoms with van der Waals surface area (Å²) in [6.07, 6.45) is 4.61. The Balaban J connectivity index is 1.96. The van der Waals surface area contributed by atoms with Crippen molar-refractivity contribution in [1.29, 1.82) is 0 Å². The minimum absolute atomic E-state index is 0.113. The number of aliphatic hydroxyl groups excluding tert-OH is 1. The maximum Gasteiger partial charge on any atom is 0.274 e. The van der Waals surface area contributed by atoms with Gasteiger partial charge in [0.25, 0.3) is 5.91 Å². The van der Waals surface area contributed by atoms with E-state index in [0.717, 1.165) is 44.2 Å². The van der Waals surface area contributed by atoms with E-state index < -0.39 is 0 Å². The first kappa shape index (κ1) is 13.9. The number of hydrogen-bond acceptors (Lipinski definition) is 4. The van der Waals surface area contributed by atoms with Gasteiger partial charge >= 0.3 is 0 Å². The number of rotatable bonds is 4. The Morgan fingerprint density at radius 3 is 2.79 bits per heavy atom. The third-order valence-electron chi connectivity index (χ3n) is 3.63. The van der Waals surface area contributed by atoms with Crippen molar-refractivity contribution in [1.82, 2.24) is 15.5 Å². The van der Waals surface area contributed by atoms with Crippen LogP contribution in [0, 0.1) is 0 Å². The molecule has 1 aliphatic rings. The minimum Gasteiger partial charge on any atom is -0.395 e. The fraction of sp³-hybridized carbons (Fsp3) is 0.692. The molecule has 5 N–H and O–H groups in total. The lowest BCUT2D eigenvalue weighted by molar-refractivity contribution is 0.0864. The van der Waals surface area contributed by atoms with Crippen molar-refractivity contribution in [2.75, 3.05) is 5.73 Å². The average Bonchev–Trinajstić information content (AvgIpc) is 2.75. The zero-order valence-corrected chi connectivity index (χ0v) is 11.3. The summed E-state index contributed by atoms with van der Waals surface area (Å²) in [7, 11) is 0. The van der Waals surface area contributed by atoms with Crippen molar-refractivity contribution in [2.45, 2.75) is 57.6 Å². The van der Waals surface area contributed by atoms with Gasteiger partial charge in [0, 0.05) is 6.04 Å². The number of aromatic nitrogens is 2. The van der Waals surface area contributed by atoms with Gasteiger partial charge in [-0.05, 0) is 32.1 Å². The van der Waals surface area contributed by atoms with E-state index in [1.165, 1.54) is 0 Å². The van der Waals surface area contributed by atoms with Gasteiger partial charge in [0.2, 0.25) is 0 Å². The molecule has 1 heterocycles. The molecule has 0 atom stereocenters. The van der Waals surface area contributed by atoms with Gasteiger partial charge in [0.1, 0.15) is 0 Å². The van der Waals surface area contributed by atoms with Crippen LogP contribution in [0.25, 0.3) is 0 Å². The lowest BCUT2D eigenvalue weighted by Gasteiger charge is -2.25. The van der Waals surface area contributed by atoms with Crippen LogP contribution in [0.15, 0.2) is 0 Å². The lowest BCUT2D eigenvalue weighted by Crippen LogP contribution is -2.39. The van der Waals surface area contributed by atoms with Gasteiger partial charge < -0.3 is 16.2 Å². The van der Waals surface area contributed by atoms with Crippen molar-refractivity contribution in [3.05, 3.63) is 11.4 Å². The zero-order chi connectivity index (χ0) is 13.8. The number of aromatic amines is 1. The molecule has 6 heteroatoms. The fourth-order valence-corrected chi connectivity index (χ4v) is 2.47. The van der Waals surface area contributed by atoms with E-state index in [4.69, 9.17) is 5.73 Å². The normalized spacial score (nSPS) is 23.3. The highest BCUT2D eigenvalue weighted by Crippen LogP contribution is 2.20. The summed E-state index contributed by atoms with van der Waals surface area (Å²) >= 11 is 0. The molecule has 2 rings (SSSR count). The van der Waals surface area contributed by atoms with Crippen molar-refractivity contribution in [2.24, 2.45) is 0 Å². The number of anilines is 1. The molecule has 0 saturated heterocycles. The Kier molecular flexibility index (Phi) is 4.42. The highest BCUT2D eigenvalue weighted by molar-refractivity contribution is 5.97. The molecular weight excluding hydrogens is 244 g/mol. The average molecular weight is 266 g/mol. The second-order valence-electron chi connectivity index (χ2n) is 5.19. The number of nitrogens with one attached hydrogen (secondary N) is 2. The molecule has 106 valence electrons. The van der Waals surface area contributed by atoms with Gasteiger partial charge in [-0.15, -0.1) is 0 Å². The molecule has 0 bridgehead atoms. The topological polar surface area (TPSA) is 104 Å². The molecule has 0 radical (unpaired) electrons. The van der Waals surface area contributed by atoms with Crippen molar-refractivity contribution in [3.8, 4) is 0 Å². The van der Waals surface area contributed by atoms with Gasteiger partial charge in [0.15, 0.2) is 5.69 Å². The largest absolute Gasteiger partial charge is 0.395 e. The van der Waals surface area contributed by atoms with Gasteiger partial charge in [-0.3, -0.25) is 9.89 Å². The number of nitrogens with two attached hydrogens (primary N) is 1. The predicted octanol–water partition coefficient (Wildman–Crippen LogP) is 0.978. The molecule has 6 nitrogen and oxygen atoms in total. The molecule has 1 saturated carbocycles. The third-order valence-corrected chi connectivity index (χ3v) is 3.63. The van der Waals surface area contributed by atoms with Crippen LogP contribution in [-0.4, -0.2) is 33.4 Å². The summed E-state index contributed by atoms with van der Waals surface area (Å²) < 4.78 is 0. The predicted molar refractivity (Wildman–Crippen MR) is 72.7 cm³/mol. The van der Waals surface area contributed by atoms with Crippen LogP contribution in [0.1, 0.15) is 55.2 Å². The molecule has 0 unspecified atom stereocenters. The van der Waals surface area contributed by atoms with Gasteiger partial charge in [-0.25, -0.2) is 0 Å². The number of carbonyl (C=O) groups is 1. The Hall–Kier alpha value is -1.56. The van der Waals surface area contributed by atoms with Crippen molar-refractivity contribution >= 4 is 11.6 Å². The number of hydrogen-bond donors (Lipinski definition) is 4. The van der Waals surface area contributed by atoms with Crippen LogP contribution >= 0.6 is 0 Å². The Morgan fingerprint density at radius 2 is 2.16 bits per heavy atom. The van der Waals surface area contributed by atoms with E-state index in [0.29, 0.717) is 5.69 Å². The number of nitrogen functional groups attached to an aromatic ring is 1. The summed E-state index contributed by atoms with van der Waals surface area (Å²) in [6.45, 7) is 2.05. The van der Waals surface area contributed by atoms with Gasteiger partial charge in [-0.1, -0.05) is 13.3 Å². The van der Waals surface area contributed by atoms with E-state index in [9.17, 15) is 9.90 Å². The Morgan fingerprint density at radius 1 is 1.47 bits per heavy atom. The molecule has 0 spiro atoms. The van der Waals surface area contributed by atoms with E-state index in [1.54, 1.807) is 0 Å². The Labute approximate surface area is 112 Å². The van der Waals surface area contributed by atoms with Crippen LogP contribution < -0.4 is 11.1 Å². The first-order valence-electron chi connectivity index (χ1n) is 6.93. The summed E-state index contributed by atoms with van der Waals surface area (Å²) in [5.74, 6) is -0.225. The minimum atomic E-state index is -0.225. The number of aryl methyl sites for hydroxylation is 1. The van der Waals surface area contributed by atoms with E-state index >= 15 is 0 Å². The number of aliphatic hydroxyl groups is 1.